The quantitative estimate of drug-likeness (QED) is 0.673. The number of amides is 1. The Morgan fingerprint density at radius 2 is 2.00 bits per heavy atom. The molecule has 2 aromatic carbocycles. The monoisotopic (exact) mass is 386 g/mol. The molecule has 28 heavy (non-hydrogen) atoms. The molecule has 2 aromatic rings. The van der Waals surface area contributed by atoms with Gasteiger partial charge in [0.05, 0.1) is 37.1 Å². The minimum atomic E-state index is -0.630. The van der Waals surface area contributed by atoms with E-state index in [2.05, 4.69) is 5.32 Å². The number of nitrogens with zero attached hydrogens (tertiary/aromatic N) is 1. The molecule has 0 unspecified atom stereocenters. The van der Waals surface area contributed by atoms with Gasteiger partial charge in [0, 0.05) is 19.7 Å². The van der Waals surface area contributed by atoms with Gasteiger partial charge < -0.3 is 29.9 Å². The van der Waals surface area contributed by atoms with E-state index >= 15 is 0 Å². The number of methoxy groups -OCH3 is 1. The maximum atomic E-state index is 13.1. The van der Waals surface area contributed by atoms with Crippen LogP contribution in [-0.2, 0) is 6.61 Å². The largest absolute Gasteiger partial charge is 0.493 e. The molecule has 1 saturated heterocycles. The van der Waals surface area contributed by atoms with E-state index in [1.807, 2.05) is 30.3 Å². The summed E-state index contributed by atoms with van der Waals surface area (Å²) in [5, 5.41) is 22.4. The molecule has 0 spiro atoms. The maximum absolute atomic E-state index is 13.1. The third-order valence-corrected chi connectivity index (χ3v) is 4.90. The van der Waals surface area contributed by atoms with Crippen LogP contribution < -0.4 is 14.8 Å². The summed E-state index contributed by atoms with van der Waals surface area (Å²) in [7, 11) is 3.25. The van der Waals surface area contributed by atoms with E-state index in [9.17, 15) is 15.0 Å². The van der Waals surface area contributed by atoms with Gasteiger partial charge in [-0.25, -0.2) is 0 Å². The van der Waals surface area contributed by atoms with Crippen molar-refractivity contribution >= 4 is 11.6 Å². The number of carbonyl (C=O) groups is 1. The van der Waals surface area contributed by atoms with Crippen LogP contribution in [0.1, 0.15) is 22.3 Å². The lowest BCUT2D eigenvalue weighted by Crippen LogP contribution is -2.38. The SMILES string of the molecule is CNc1cc(OCc2ccccc2)c(OC)cc1C(=O)N1C[C@H](O)C[C@H]1CO. The summed E-state index contributed by atoms with van der Waals surface area (Å²) in [6, 6.07) is 12.7. The van der Waals surface area contributed by atoms with Crippen molar-refractivity contribution in [3.8, 4) is 11.5 Å². The van der Waals surface area contributed by atoms with Crippen LogP contribution in [0.2, 0.25) is 0 Å². The van der Waals surface area contributed by atoms with Gasteiger partial charge in [0.1, 0.15) is 6.61 Å². The van der Waals surface area contributed by atoms with Gasteiger partial charge in [0.15, 0.2) is 11.5 Å². The highest BCUT2D eigenvalue weighted by Crippen LogP contribution is 2.35. The molecule has 7 heteroatoms. The topological polar surface area (TPSA) is 91.3 Å². The zero-order chi connectivity index (χ0) is 20.1. The molecule has 3 N–H and O–H groups in total. The number of anilines is 1. The predicted octanol–water partition coefficient (Wildman–Crippen LogP) is 1.88. The van der Waals surface area contributed by atoms with Gasteiger partial charge in [-0.2, -0.15) is 0 Å². The van der Waals surface area contributed by atoms with E-state index in [1.165, 1.54) is 12.0 Å². The number of hydrogen-bond acceptors (Lipinski definition) is 6. The fraction of sp³-hybridized carbons (Fsp3) is 0.381. The van der Waals surface area contributed by atoms with Crippen molar-refractivity contribution < 1.29 is 24.5 Å². The van der Waals surface area contributed by atoms with E-state index < -0.39 is 12.1 Å². The second kappa shape index (κ2) is 8.95. The minimum Gasteiger partial charge on any atom is -0.493 e. The zero-order valence-electron chi connectivity index (χ0n) is 16.1. The number of aliphatic hydroxyl groups is 2. The van der Waals surface area contributed by atoms with Crippen molar-refractivity contribution in [1.29, 1.82) is 0 Å². The maximum Gasteiger partial charge on any atom is 0.256 e. The molecule has 3 rings (SSSR count). The Kier molecular flexibility index (Phi) is 6.38. The third kappa shape index (κ3) is 4.21. The summed E-state index contributed by atoms with van der Waals surface area (Å²) in [6.45, 7) is 0.382. The average molecular weight is 386 g/mol. The van der Waals surface area contributed by atoms with Crippen molar-refractivity contribution in [2.24, 2.45) is 0 Å². The molecule has 150 valence electrons. The molecule has 1 amide bonds. The Morgan fingerprint density at radius 1 is 1.25 bits per heavy atom. The van der Waals surface area contributed by atoms with Crippen LogP contribution in [0.15, 0.2) is 42.5 Å². The van der Waals surface area contributed by atoms with E-state index in [0.29, 0.717) is 35.8 Å². The van der Waals surface area contributed by atoms with E-state index in [-0.39, 0.29) is 19.1 Å². The van der Waals surface area contributed by atoms with Crippen molar-refractivity contribution in [2.45, 2.75) is 25.2 Å². The molecule has 0 aromatic heterocycles. The van der Waals surface area contributed by atoms with Crippen LogP contribution >= 0.6 is 0 Å². The highest BCUT2D eigenvalue weighted by Gasteiger charge is 2.35. The lowest BCUT2D eigenvalue weighted by atomic mass is 10.1. The second-order valence-electron chi connectivity index (χ2n) is 6.76. The number of β-amino-alcohol motifs (C(OH)–C–C–N with tert-alkyl or cyclic N) is 1. The summed E-state index contributed by atoms with van der Waals surface area (Å²) in [6.07, 6.45) is -0.262. The zero-order valence-corrected chi connectivity index (χ0v) is 16.1. The molecule has 0 saturated carbocycles. The molecule has 0 aliphatic carbocycles. The van der Waals surface area contributed by atoms with Crippen LogP contribution in [0.5, 0.6) is 11.5 Å². The summed E-state index contributed by atoms with van der Waals surface area (Å²) in [4.78, 5) is 14.6. The number of aliphatic hydroxyl groups excluding tert-OH is 2. The Morgan fingerprint density at radius 3 is 2.64 bits per heavy atom. The van der Waals surface area contributed by atoms with Crippen molar-refractivity contribution in [2.75, 3.05) is 32.6 Å². The van der Waals surface area contributed by atoms with Crippen LogP contribution in [0.25, 0.3) is 0 Å². The first kappa shape index (κ1) is 20.0. The third-order valence-electron chi connectivity index (χ3n) is 4.90. The lowest BCUT2D eigenvalue weighted by molar-refractivity contribution is 0.0665. The van der Waals surface area contributed by atoms with Gasteiger partial charge in [-0.05, 0) is 18.1 Å². The van der Waals surface area contributed by atoms with Gasteiger partial charge in [-0.1, -0.05) is 30.3 Å². The Labute approximate surface area is 164 Å². The van der Waals surface area contributed by atoms with Gasteiger partial charge in [-0.15, -0.1) is 0 Å². The number of likely N-dealkylation sites (tertiary alicyclic amines) is 1. The van der Waals surface area contributed by atoms with Crippen LogP contribution in [0, 0.1) is 0 Å². The van der Waals surface area contributed by atoms with E-state index in [1.54, 1.807) is 19.2 Å². The van der Waals surface area contributed by atoms with E-state index in [4.69, 9.17) is 9.47 Å². The molecule has 0 radical (unpaired) electrons. The van der Waals surface area contributed by atoms with E-state index in [0.717, 1.165) is 5.56 Å². The molecule has 1 aliphatic rings. The van der Waals surface area contributed by atoms with Crippen molar-refractivity contribution in [3.63, 3.8) is 0 Å². The molecule has 1 aliphatic heterocycles. The number of rotatable bonds is 7. The predicted molar refractivity (Wildman–Crippen MR) is 106 cm³/mol. The smallest absolute Gasteiger partial charge is 0.256 e. The summed E-state index contributed by atoms with van der Waals surface area (Å²) < 4.78 is 11.3. The molecule has 2 atom stereocenters. The minimum absolute atomic E-state index is 0.187. The first-order chi connectivity index (χ1) is 13.6. The Bertz CT molecular complexity index is 812. The highest BCUT2D eigenvalue weighted by molar-refractivity contribution is 6.01. The number of ether oxygens (including phenoxy) is 2. The van der Waals surface area contributed by atoms with Gasteiger partial charge in [-0.3, -0.25) is 4.79 Å². The van der Waals surface area contributed by atoms with Gasteiger partial charge in [0.2, 0.25) is 0 Å². The molecule has 0 bridgehead atoms. The molecule has 1 fully saturated rings. The Balaban J connectivity index is 1.87. The summed E-state index contributed by atoms with van der Waals surface area (Å²) in [5.74, 6) is 0.693. The summed E-state index contributed by atoms with van der Waals surface area (Å²) in [5.41, 5.74) is 2.01. The average Bonchev–Trinajstić information content (AvgIpc) is 3.12. The van der Waals surface area contributed by atoms with Crippen LogP contribution in [-0.4, -0.2) is 60.5 Å². The lowest BCUT2D eigenvalue weighted by Gasteiger charge is -2.24. The molecular weight excluding hydrogens is 360 g/mol. The van der Waals surface area contributed by atoms with Crippen molar-refractivity contribution in [3.05, 3.63) is 53.6 Å². The summed E-state index contributed by atoms with van der Waals surface area (Å²) >= 11 is 0. The van der Waals surface area contributed by atoms with Crippen molar-refractivity contribution in [1.82, 2.24) is 4.90 Å². The molecule has 7 nitrogen and oxygen atoms in total. The normalized spacial score (nSPS) is 18.8. The number of benzene rings is 2. The number of carbonyl (C=O) groups excluding carboxylic acids is 1. The fourth-order valence-electron chi connectivity index (χ4n) is 3.42. The first-order valence-corrected chi connectivity index (χ1v) is 9.23. The first-order valence-electron chi connectivity index (χ1n) is 9.23. The fourth-order valence-corrected chi connectivity index (χ4v) is 3.42. The number of hydrogen-bond donors (Lipinski definition) is 3. The van der Waals surface area contributed by atoms with Crippen LogP contribution in [0.4, 0.5) is 5.69 Å². The standard InChI is InChI=1S/C21H26N2O5/c1-22-18-10-20(28-13-14-6-4-3-5-7-14)19(27-2)9-17(18)21(26)23-11-16(25)8-15(23)12-24/h3-7,9-10,15-16,22,24-25H,8,11-13H2,1-2H3/t15-,16+/m0/s1. The van der Waals surface area contributed by atoms with Gasteiger partial charge >= 0.3 is 0 Å². The van der Waals surface area contributed by atoms with Gasteiger partial charge in [0.25, 0.3) is 5.91 Å². The number of nitrogens with one attached hydrogen (secondary N) is 1. The van der Waals surface area contributed by atoms with Crippen LogP contribution in [0.3, 0.4) is 0 Å². The Hall–Kier alpha value is -2.77. The molecule has 1 heterocycles. The highest BCUT2D eigenvalue weighted by atomic mass is 16.5. The molecular formula is C21H26N2O5. The second-order valence-corrected chi connectivity index (χ2v) is 6.76.